The zero-order valence-electron chi connectivity index (χ0n) is 12.0. The van der Waals surface area contributed by atoms with Crippen LogP contribution in [0.25, 0.3) is 0 Å². The van der Waals surface area contributed by atoms with Gasteiger partial charge in [0.05, 0.1) is 0 Å². The molecule has 1 fully saturated rings. The van der Waals surface area contributed by atoms with Crippen LogP contribution in [-0.2, 0) is 0 Å². The minimum Gasteiger partial charge on any atom is -0.313 e. The summed E-state index contributed by atoms with van der Waals surface area (Å²) in [6.07, 6.45) is 8.58. The number of hydrogen-bond acceptors (Lipinski definition) is 2. The van der Waals surface area contributed by atoms with E-state index in [2.05, 4.69) is 37.8 Å². The van der Waals surface area contributed by atoms with E-state index in [1.165, 1.54) is 56.6 Å². The second-order valence-corrected chi connectivity index (χ2v) is 6.96. The summed E-state index contributed by atoms with van der Waals surface area (Å²) in [7, 11) is 0. The third-order valence-electron chi connectivity index (χ3n) is 3.62. The molecule has 0 aromatic carbocycles. The van der Waals surface area contributed by atoms with Crippen molar-refractivity contribution in [2.45, 2.75) is 65.3 Å². The summed E-state index contributed by atoms with van der Waals surface area (Å²) in [4.78, 5) is 0. The summed E-state index contributed by atoms with van der Waals surface area (Å²) in [6.45, 7) is 8.11. The first-order valence-electron chi connectivity index (χ1n) is 7.55. The molecule has 1 aliphatic rings. The molecular formula is C15H31NS. The molecule has 102 valence electrons. The van der Waals surface area contributed by atoms with Gasteiger partial charge in [0.1, 0.15) is 0 Å². The summed E-state index contributed by atoms with van der Waals surface area (Å²) in [5.74, 6) is 4.42. The lowest BCUT2D eigenvalue weighted by Gasteiger charge is -2.31. The second kappa shape index (κ2) is 9.27. The van der Waals surface area contributed by atoms with Gasteiger partial charge >= 0.3 is 0 Å². The van der Waals surface area contributed by atoms with E-state index in [0.717, 1.165) is 17.9 Å². The van der Waals surface area contributed by atoms with Crippen LogP contribution in [0.3, 0.4) is 0 Å². The molecule has 1 unspecified atom stereocenters. The summed E-state index contributed by atoms with van der Waals surface area (Å²) in [6, 6.07) is 0.777. The summed E-state index contributed by atoms with van der Waals surface area (Å²) >= 11 is 2.15. The average Bonchev–Trinajstić information content (AvgIpc) is 2.34. The Labute approximate surface area is 113 Å². The van der Waals surface area contributed by atoms with Crippen molar-refractivity contribution in [3.05, 3.63) is 0 Å². The van der Waals surface area contributed by atoms with E-state index in [4.69, 9.17) is 0 Å². The van der Waals surface area contributed by atoms with Gasteiger partial charge in [0.2, 0.25) is 0 Å². The highest BCUT2D eigenvalue weighted by Crippen LogP contribution is 2.28. The molecule has 0 radical (unpaired) electrons. The molecule has 1 aliphatic carbocycles. The molecule has 1 atom stereocenters. The van der Waals surface area contributed by atoms with Crippen LogP contribution in [0.2, 0.25) is 0 Å². The maximum absolute atomic E-state index is 3.79. The number of rotatable bonds is 8. The fraction of sp³-hybridized carbons (Fsp3) is 1.00. The highest BCUT2D eigenvalue weighted by Gasteiger charge is 2.22. The Morgan fingerprint density at radius 1 is 1.12 bits per heavy atom. The van der Waals surface area contributed by atoms with Crippen molar-refractivity contribution >= 4 is 11.8 Å². The minimum absolute atomic E-state index is 0.777. The molecule has 0 spiro atoms. The van der Waals surface area contributed by atoms with Gasteiger partial charge in [-0.3, -0.25) is 0 Å². The van der Waals surface area contributed by atoms with Gasteiger partial charge in [-0.2, -0.15) is 11.8 Å². The van der Waals surface area contributed by atoms with Gasteiger partial charge in [0.25, 0.3) is 0 Å². The minimum atomic E-state index is 0.777. The molecule has 0 amide bonds. The highest BCUT2D eigenvalue weighted by atomic mass is 32.2. The Morgan fingerprint density at radius 3 is 2.41 bits per heavy atom. The highest BCUT2D eigenvalue weighted by molar-refractivity contribution is 7.99. The van der Waals surface area contributed by atoms with E-state index in [0.29, 0.717) is 0 Å². The molecule has 0 heterocycles. The second-order valence-electron chi connectivity index (χ2n) is 5.89. The molecule has 1 nitrogen and oxygen atoms in total. The summed E-state index contributed by atoms with van der Waals surface area (Å²) in [5, 5.41) is 3.79. The molecule has 0 bridgehead atoms. The van der Waals surface area contributed by atoms with Crippen LogP contribution in [0.5, 0.6) is 0 Å². The topological polar surface area (TPSA) is 12.0 Å². The smallest absolute Gasteiger partial charge is 0.0186 e. The van der Waals surface area contributed by atoms with E-state index in [-0.39, 0.29) is 0 Å². The van der Waals surface area contributed by atoms with Gasteiger partial charge in [0, 0.05) is 11.8 Å². The lowest BCUT2D eigenvalue weighted by atomic mass is 9.84. The number of thioether (sulfide) groups is 1. The average molecular weight is 257 g/mol. The van der Waals surface area contributed by atoms with Crippen molar-refractivity contribution < 1.29 is 0 Å². The molecule has 2 heteroatoms. The molecule has 0 aliphatic heterocycles. The zero-order valence-corrected chi connectivity index (χ0v) is 12.8. The normalized spacial score (nSPS) is 19.8. The van der Waals surface area contributed by atoms with Gasteiger partial charge in [-0.15, -0.1) is 0 Å². The molecule has 1 N–H and O–H groups in total. The lowest BCUT2D eigenvalue weighted by Crippen LogP contribution is -2.39. The largest absolute Gasteiger partial charge is 0.313 e. The molecule has 0 aromatic rings. The van der Waals surface area contributed by atoms with Crippen molar-refractivity contribution in [3.8, 4) is 0 Å². The van der Waals surface area contributed by atoms with E-state index >= 15 is 0 Å². The number of nitrogens with one attached hydrogen (secondary N) is 1. The van der Waals surface area contributed by atoms with Crippen LogP contribution in [0.4, 0.5) is 0 Å². The van der Waals surface area contributed by atoms with Crippen molar-refractivity contribution in [2.24, 2.45) is 11.8 Å². The molecule has 1 rings (SSSR count). The molecular weight excluding hydrogens is 226 g/mol. The van der Waals surface area contributed by atoms with Crippen molar-refractivity contribution in [2.75, 3.05) is 18.1 Å². The van der Waals surface area contributed by atoms with Crippen LogP contribution >= 0.6 is 11.8 Å². The predicted molar refractivity (Wildman–Crippen MR) is 80.8 cm³/mol. The third kappa shape index (κ3) is 6.71. The maximum Gasteiger partial charge on any atom is 0.0186 e. The molecule has 1 saturated carbocycles. The van der Waals surface area contributed by atoms with Gasteiger partial charge in [-0.25, -0.2) is 0 Å². The Balaban J connectivity index is 2.30. The molecule has 0 saturated heterocycles. The number of hydrogen-bond donors (Lipinski definition) is 1. The van der Waals surface area contributed by atoms with E-state index < -0.39 is 0 Å². The first-order chi connectivity index (χ1) is 8.24. The standard InChI is InChI=1S/C15H31NS/c1-4-10-16-15(12-17-11-13(2)3)14-8-6-5-7-9-14/h13-16H,4-12H2,1-3H3. The Bertz CT molecular complexity index is 176. The van der Waals surface area contributed by atoms with E-state index in [1.807, 2.05) is 0 Å². The monoisotopic (exact) mass is 257 g/mol. The Morgan fingerprint density at radius 2 is 1.82 bits per heavy atom. The Kier molecular flexibility index (Phi) is 8.38. The van der Waals surface area contributed by atoms with Crippen LogP contribution < -0.4 is 5.32 Å². The fourth-order valence-electron chi connectivity index (χ4n) is 2.66. The zero-order chi connectivity index (χ0) is 12.5. The van der Waals surface area contributed by atoms with Crippen molar-refractivity contribution in [1.82, 2.24) is 5.32 Å². The predicted octanol–water partition coefficient (Wildman–Crippen LogP) is 4.32. The third-order valence-corrected chi connectivity index (χ3v) is 5.12. The summed E-state index contributed by atoms with van der Waals surface area (Å²) in [5.41, 5.74) is 0. The molecule has 17 heavy (non-hydrogen) atoms. The first kappa shape index (κ1) is 15.4. The van der Waals surface area contributed by atoms with Gasteiger partial charge < -0.3 is 5.32 Å². The quantitative estimate of drug-likeness (QED) is 0.695. The van der Waals surface area contributed by atoms with Crippen molar-refractivity contribution in [1.29, 1.82) is 0 Å². The fourth-order valence-corrected chi connectivity index (χ4v) is 3.91. The van der Waals surface area contributed by atoms with Crippen LogP contribution in [0.15, 0.2) is 0 Å². The molecule has 0 aromatic heterocycles. The SMILES string of the molecule is CCCNC(CSCC(C)C)C1CCCCC1. The van der Waals surface area contributed by atoms with Crippen LogP contribution in [0.1, 0.15) is 59.3 Å². The van der Waals surface area contributed by atoms with Crippen LogP contribution in [-0.4, -0.2) is 24.1 Å². The van der Waals surface area contributed by atoms with Gasteiger partial charge in [-0.1, -0.05) is 40.0 Å². The van der Waals surface area contributed by atoms with E-state index in [1.54, 1.807) is 0 Å². The van der Waals surface area contributed by atoms with E-state index in [9.17, 15) is 0 Å². The van der Waals surface area contributed by atoms with Gasteiger partial charge in [-0.05, 0) is 43.4 Å². The Hall–Kier alpha value is 0.310. The van der Waals surface area contributed by atoms with Crippen LogP contribution in [0, 0.1) is 11.8 Å². The van der Waals surface area contributed by atoms with Gasteiger partial charge in [0.15, 0.2) is 0 Å². The lowest BCUT2D eigenvalue weighted by molar-refractivity contribution is 0.285. The maximum atomic E-state index is 3.79. The summed E-state index contributed by atoms with van der Waals surface area (Å²) < 4.78 is 0. The first-order valence-corrected chi connectivity index (χ1v) is 8.70. The van der Waals surface area contributed by atoms with Crippen molar-refractivity contribution in [3.63, 3.8) is 0 Å².